The Morgan fingerprint density at radius 3 is 2.71 bits per heavy atom. The topological polar surface area (TPSA) is 32.7 Å². The van der Waals surface area contributed by atoms with Gasteiger partial charge in [0.25, 0.3) is 0 Å². The van der Waals surface area contributed by atoms with Gasteiger partial charge in [-0.15, -0.1) is 0 Å². The predicted octanol–water partition coefficient (Wildman–Crippen LogP) is 2.66. The average molecular weight is 302 g/mol. The number of rotatable bonds is 7. The van der Waals surface area contributed by atoms with Crippen molar-refractivity contribution in [2.45, 2.75) is 19.9 Å². The van der Waals surface area contributed by atoms with Gasteiger partial charge < -0.3 is 9.84 Å². The van der Waals surface area contributed by atoms with E-state index < -0.39 is 0 Å². The summed E-state index contributed by atoms with van der Waals surface area (Å²) >= 11 is 3.47. The molecule has 0 heterocycles. The highest BCUT2D eigenvalue weighted by molar-refractivity contribution is 9.10. The first-order chi connectivity index (χ1) is 8.21. The van der Waals surface area contributed by atoms with Crippen molar-refractivity contribution in [3.63, 3.8) is 0 Å². The van der Waals surface area contributed by atoms with E-state index in [1.807, 2.05) is 12.1 Å². The number of aliphatic hydroxyl groups is 1. The third-order valence-electron chi connectivity index (χ3n) is 2.59. The SMILES string of the molecule is CCCN(CCO)Cc1cc(Br)ccc1OC. The van der Waals surface area contributed by atoms with Crippen molar-refractivity contribution in [2.24, 2.45) is 0 Å². The van der Waals surface area contributed by atoms with Crippen LogP contribution in [-0.2, 0) is 6.54 Å². The molecular formula is C13H20BrNO2. The van der Waals surface area contributed by atoms with Crippen molar-refractivity contribution in [3.8, 4) is 5.75 Å². The fourth-order valence-corrected chi connectivity index (χ4v) is 2.25. The summed E-state index contributed by atoms with van der Waals surface area (Å²) in [5.74, 6) is 0.896. The molecule has 96 valence electrons. The molecule has 17 heavy (non-hydrogen) atoms. The molecule has 0 spiro atoms. The third-order valence-corrected chi connectivity index (χ3v) is 3.09. The minimum atomic E-state index is 0.191. The molecule has 0 amide bonds. The van der Waals surface area contributed by atoms with Crippen LogP contribution in [0.15, 0.2) is 22.7 Å². The van der Waals surface area contributed by atoms with E-state index in [4.69, 9.17) is 9.84 Å². The zero-order valence-corrected chi connectivity index (χ0v) is 12.0. The number of ether oxygens (including phenoxy) is 1. The third kappa shape index (κ3) is 4.66. The predicted molar refractivity (Wildman–Crippen MR) is 73.3 cm³/mol. The first kappa shape index (κ1) is 14.5. The quantitative estimate of drug-likeness (QED) is 0.840. The van der Waals surface area contributed by atoms with Crippen LogP contribution >= 0.6 is 15.9 Å². The molecule has 0 aliphatic heterocycles. The van der Waals surface area contributed by atoms with E-state index >= 15 is 0 Å². The minimum Gasteiger partial charge on any atom is -0.496 e. The summed E-state index contributed by atoms with van der Waals surface area (Å²) in [7, 11) is 1.68. The van der Waals surface area contributed by atoms with Crippen molar-refractivity contribution < 1.29 is 9.84 Å². The van der Waals surface area contributed by atoms with Crippen molar-refractivity contribution >= 4 is 15.9 Å². The molecule has 1 N–H and O–H groups in total. The van der Waals surface area contributed by atoms with Gasteiger partial charge in [-0.1, -0.05) is 22.9 Å². The van der Waals surface area contributed by atoms with Gasteiger partial charge in [0.2, 0.25) is 0 Å². The zero-order chi connectivity index (χ0) is 12.7. The molecule has 0 aliphatic carbocycles. The number of halogens is 1. The highest BCUT2D eigenvalue weighted by Crippen LogP contribution is 2.24. The van der Waals surface area contributed by atoms with Gasteiger partial charge in [-0.25, -0.2) is 0 Å². The maximum Gasteiger partial charge on any atom is 0.123 e. The summed E-state index contributed by atoms with van der Waals surface area (Å²) in [6, 6.07) is 6.00. The molecule has 0 fully saturated rings. The van der Waals surface area contributed by atoms with E-state index in [0.717, 1.165) is 35.3 Å². The van der Waals surface area contributed by atoms with Crippen LogP contribution in [0.1, 0.15) is 18.9 Å². The lowest BCUT2D eigenvalue weighted by Gasteiger charge is -2.21. The summed E-state index contributed by atoms with van der Waals surface area (Å²) < 4.78 is 6.40. The molecule has 0 radical (unpaired) electrons. The lowest BCUT2D eigenvalue weighted by molar-refractivity contribution is 0.189. The Morgan fingerprint density at radius 1 is 1.35 bits per heavy atom. The zero-order valence-electron chi connectivity index (χ0n) is 10.4. The second-order valence-corrected chi connectivity index (χ2v) is 4.87. The highest BCUT2D eigenvalue weighted by Gasteiger charge is 2.09. The standard InChI is InChI=1S/C13H20BrNO2/c1-3-6-15(7-8-16)10-11-9-12(14)4-5-13(11)17-2/h4-5,9,16H,3,6-8,10H2,1-2H3. The van der Waals surface area contributed by atoms with Crippen LogP contribution in [0.25, 0.3) is 0 Å². The molecule has 0 aromatic heterocycles. The van der Waals surface area contributed by atoms with E-state index in [1.165, 1.54) is 0 Å². The molecule has 4 heteroatoms. The molecule has 0 saturated carbocycles. The van der Waals surface area contributed by atoms with Gasteiger partial charge >= 0.3 is 0 Å². The molecule has 1 rings (SSSR count). The summed E-state index contributed by atoms with van der Waals surface area (Å²) in [4.78, 5) is 2.23. The van der Waals surface area contributed by atoms with E-state index in [-0.39, 0.29) is 6.61 Å². The Balaban J connectivity index is 2.79. The monoisotopic (exact) mass is 301 g/mol. The summed E-state index contributed by atoms with van der Waals surface area (Å²) in [5, 5.41) is 9.04. The molecule has 3 nitrogen and oxygen atoms in total. The van der Waals surface area contributed by atoms with Crippen molar-refractivity contribution in [3.05, 3.63) is 28.2 Å². The lowest BCUT2D eigenvalue weighted by atomic mass is 10.2. The summed E-state index contributed by atoms with van der Waals surface area (Å²) in [6.07, 6.45) is 1.08. The first-order valence-corrected chi connectivity index (χ1v) is 6.66. The molecule has 0 saturated heterocycles. The Hall–Kier alpha value is -0.580. The highest BCUT2D eigenvalue weighted by atomic mass is 79.9. The van der Waals surface area contributed by atoms with Crippen LogP contribution in [0.3, 0.4) is 0 Å². The second kappa shape index (κ2) is 7.69. The van der Waals surface area contributed by atoms with Gasteiger partial charge in [-0.3, -0.25) is 4.90 Å². The van der Waals surface area contributed by atoms with E-state index in [1.54, 1.807) is 7.11 Å². The van der Waals surface area contributed by atoms with E-state index in [0.29, 0.717) is 6.54 Å². The number of benzene rings is 1. The van der Waals surface area contributed by atoms with Gasteiger partial charge in [-0.2, -0.15) is 0 Å². The normalized spacial score (nSPS) is 10.9. The van der Waals surface area contributed by atoms with Gasteiger partial charge in [0, 0.05) is 23.1 Å². The Morgan fingerprint density at radius 2 is 2.12 bits per heavy atom. The van der Waals surface area contributed by atoms with Crippen LogP contribution in [0.2, 0.25) is 0 Å². The van der Waals surface area contributed by atoms with Gasteiger partial charge in [0.1, 0.15) is 5.75 Å². The molecule has 0 atom stereocenters. The minimum absolute atomic E-state index is 0.191. The van der Waals surface area contributed by atoms with Crippen molar-refractivity contribution in [2.75, 3.05) is 26.8 Å². The van der Waals surface area contributed by atoms with E-state index in [9.17, 15) is 0 Å². The Bertz CT molecular complexity index is 338. The molecule has 1 aromatic carbocycles. The number of nitrogens with zero attached hydrogens (tertiary/aromatic N) is 1. The largest absolute Gasteiger partial charge is 0.496 e. The number of hydrogen-bond acceptors (Lipinski definition) is 3. The number of aliphatic hydroxyl groups excluding tert-OH is 1. The van der Waals surface area contributed by atoms with Crippen molar-refractivity contribution in [1.29, 1.82) is 0 Å². The smallest absolute Gasteiger partial charge is 0.123 e. The van der Waals surface area contributed by atoms with Crippen molar-refractivity contribution in [1.82, 2.24) is 4.90 Å². The maximum atomic E-state index is 9.04. The average Bonchev–Trinajstić information content (AvgIpc) is 2.30. The molecule has 0 unspecified atom stereocenters. The molecular weight excluding hydrogens is 282 g/mol. The fraction of sp³-hybridized carbons (Fsp3) is 0.538. The van der Waals surface area contributed by atoms with Crippen LogP contribution < -0.4 is 4.74 Å². The maximum absolute atomic E-state index is 9.04. The van der Waals surface area contributed by atoms with Crippen LogP contribution in [-0.4, -0.2) is 36.8 Å². The summed E-state index contributed by atoms with van der Waals surface area (Å²) in [5.41, 5.74) is 1.14. The molecule has 0 bridgehead atoms. The lowest BCUT2D eigenvalue weighted by Crippen LogP contribution is -2.27. The van der Waals surface area contributed by atoms with E-state index in [2.05, 4.69) is 33.8 Å². The first-order valence-electron chi connectivity index (χ1n) is 5.86. The Labute approximate surface area is 112 Å². The Kier molecular flexibility index (Phi) is 6.55. The molecule has 0 aliphatic rings. The van der Waals surface area contributed by atoms with Gasteiger partial charge in [-0.05, 0) is 31.2 Å². The molecule has 1 aromatic rings. The van der Waals surface area contributed by atoms with Gasteiger partial charge in [0.15, 0.2) is 0 Å². The fourth-order valence-electron chi connectivity index (χ4n) is 1.84. The van der Waals surface area contributed by atoms with Crippen LogP contribution in [0.4, 0.5) is 0 Å². The summed E-state index contributed by atoms with van der Waals surface area (Å²) in [6.45, 7) is 4.82. The number of hydrogen-bond donors (Lipinski definition) is 1. The second-order valence-electron chi connectivity index (χ2n) is 3.96. The number of methoxy groups -OCH3 is 1. The van der Waals surface area contributed by atoms with Crippen LogP contribution in [0, 0.1) is 0 Å². The van der Waals surface area contributed by atoms with Gasteiger partial charge in [0.05, 0.1) is 13.7 Å². The van der Waals surface area contributed by atoms with Crippen LogP contribution in [0.5, 0.6) is 5.75 Å².